The fraction of sp³-hybridized carbons (Fsp3) is 0.923. The summed E-state index contributed by atoms with van der Waals surface area (Å²) < 4.78 is 11.1. The second kappa shape index (κ2) is 7.07. The molecule has 0 aromatic heterocycles. The summed E-state index contributed by atoms with van der Waals surface area (Å²) in [5, 5.41) is 0. The van der Waals surface area contributed by atoms with Crippen LogP contribution < -0.4 is 5.73 Å². The summed E-state index contributed by atoms with van der Waals surface area (Å²) in [6, 6.07) is 0. The van der Waals surface area contributed by atoms with Crippen LogP contribution in [0.3, 0.4) is 0 Å². The number of primary amides is 1. The Morgan fingerprint density at radius 2 is 1.89 bits per heavy atom. The summed E-state index contributed by atoms with van der Waals surface area (Å²) in [4.78, 5) is 13.3. The molecular weight excluding hydrogens is 232 g/mol. The molecule has 0 aliphatic carbocycles. The van der Waals surface area contributed by atoms with E-state index in [4.69, 9.17) is 15.2 Å². The molecule has 5 heteroatoms. The summed E-state index contributed by atoms with van der Waals surface area (Å²) >= 11 is 0. The Kier molecular flexibility index (Phi) is 5.41. The Hall–Kier alpha value is -0.650. The van der Waals surface area contributed by atoms with Gasteiger partial charge >= 0.3 is 0 Å². The third-order valence-corrected chi connectivity index (χ3v) is 3.77. The molecule has 2 heterocycles. The van der Waals surface area contributed by atoms with E-state index in [9.17, 15) is 4.79 Å². The van der Waals surface area contributed by atoms with Crippen LogP contribution in [0.25, 0.3) is 0 Å². The first-order chi connectivity index (χ1) is 8.74. The predicted molar refractivity (Wildman–Crippen MR) is 67.9 cm³/mol. The molecule has 0 atom stereocenters. The van der Waals surface area contributed by atoms with Crippen molar-refractivity contribution in [1.82, 2.24) is 4.90 Å². The monoisotopic (exact) mass is 256 g/mol. The van der Waals surface area contributed by atoms with Crippen LogP contribution >= 0.6 is 0 Å². The highest BCUT2D eigenvalue weighted by molar-refractivity contribution is 5.73. The summed E-state index contributed by atoms with van der Waals surface area (Å²) in [7, 11) is 0. The van der Waals surface area contributed by atoms with Crippen LogP contribution in [0, 0.1) is 5.92 Å². The van der Waals surface area contributed by atoms with E-state index in [-0.39, 0.29) is 12.2 Å². The van der Waals surface area contributed by atoms with E-state index in [0.717, 1.165) is 58.5 Å². The summed E-state index contributed by atoms with van der Waals surface area (Å²) in [6.07, 6.45) is 4.64. The quantitative estimate of drug-likeness (QED) is 0.787. The first kappa shape index (κ1) is 13.8. The molecule has 2 rings (SSSR count). The van der Waals surface area contributed by atoms with E-state index in [2.05, 4.69) is 4.90 Å². The molecule has 0 spiro atoms. The number of likely N-dealkylation sites (tertiary alicyclic amines) is 1. The van der Waals surface area contributed by atoms with E-state index < -0.39 is 0 Å². The predicted octanol–water partition coefficient (Wildman–Crippen LogP) is 0.727. The second-order valence-electron chi connectivity index (χ2n) is 5.27. The first-order valence-corrected chi connectivity index (χ1v) is 6.98. The van der Waals surface area contributed by atoms with Gasteiger partial charge in [0.05, 0.1) is 13.2 Å². The van der Waals surface area contributed by atoms with Crippen molar-refractivity contribution in [1.29, 1.82) is 0 Å². The minimum atomic E-state index is -0.169. The van der Waals surface area contributed by atoms with Gasteiger partial charge in [0.1, 0.15) is 0 Å². The van der Waals surface area contributed by atoms with E-state index in [0.29, 0.717) is 12.3 Å². The zero-order chi connectivity index (χ0) is 12.8. The summed E-state index contributed by atoms with van der Waals surface area (Å²) in [5.41, 5.74) is 5.23. The molecule has 104 valence electrons. The van der Waals surface area contributed by atoms with Gasteiger partial charge in [-0.2, -0.15) is 0 Å². The topological polar surface area (TPSA) is 64.8 Å². The molecular formula is C13H24N2O3. The fourth-order valence-corrected chi connectivity index (χ4v) is 2.69. The van der Waals surface area contributed by atoms with Crippen molar-refractivity contribution in [2.75, 3.05) is 32.8 Å². The van der Waals surface area contributed by atoms with Gasteiger partial charge in [-0.25, -0.2) is 0 Å². The Balaban J connectivity index is 1.59. The molecule has 0 radical (unpaired) electrons. The maximum Gasteiger partial charge on any atom is 0.217 e. The van der Waals surface area contributed by atoms with Gasteiger partial charge < -0.3 is 20.1 Å². The van der Waals surface area contributed by atoms with Crippen molar-refractivity contribution in [3.63, 3.8) is 0 Å². The lowest BCUT2D eigenvalue weighted by Gasteiger charge is -2.33. The van der Waals surface area contributed by atoms with Gasteiger partial charge in [-0.15, -0.1) is 0 Å². The summed E-state index contributed by atoms with van der Waals surface area (Å²) in [5.74, 6) is 0.318. The minimum Gasteiger partial charge on any atom is -0.370 e. The number of rotatable bonds is 5. The number of carbonyl (C=O) groups excluding carboxylic acids is 1. The normalized spacial score (nSPS) is 24.2. The highest BCUT2D eigenvalue weighted by atomic mass is 16.7. The lowest BCUT2D eigenvalue weighted by atomic mass is 9.93. The number of nitrogens with zero attached hydrogens (tertiary/aromatic N) is 1. The zero-order valence-electron chi connectivity index (χ0n) is 11.0. The molecule has 1 amide bonds. The standard InChI is InChI=1S/C13H24N2O3/c14-12(16)10-11-2-5-15(6-3-11)7-4-13-17-8-1-9-18-13/h11,13H,1-10H2,(H2,14,16). The van der Waals surface area contributed by atoms with Gasteiger partial charge in [0, 0.05) is 19.4 Å². The first-order valence-electron chi connectivity index (χ1n) is 6.98. The Morgan fingerprint density at radius 3 is 2.50 bits per heavy atom. The lowest BCUT2D eigenvalue weighted by molar-refractivity contribution is -0.182. The Bertz CT molecular complexity index is 259. The van der Waals surface area contributed by atoms with Gasteiger partial charge in [0.25, 0.3) is 0 Å². The zero-order valence-corrected chi connectivity index (χ0v) is 11.0. The third kappa shape index (κ3) is 4.55. The van der Waals surface area contributed by atoms with Crippen LogP contribution in [0.2, 0.25) is 0 Å². The van der Waals surface area contributed by atoms with Gasteiger partial charge in [-0.3, -0.25) is 4.79 Å². The van der Waals surface area contributed by atoms with E-state index in [1.807, 2.05) is 0 Å². The fourth-order valence-electron chi connectivity index (χ4n) is 2.69. The number of carbonyl (C=O) groups is 1. The van der Waals surface area contributed by atoms with Gasteiger partial charge in [0.2, 0.25) is 5.91 Å². The number of hydrogen-bond acceptors (Lipinski definition) is 4. The molecule has 0 aromatic carbocycles. The number of piperidine rings is 1. The molecule has 18 heavy (non-hydrogen) atoms. The molecule has 2 aliphatic rings. The molecule has 2 fully saturated rings. The second-order valence-corrected chi connectivity index (χ2v) is 5.27. The maximum absolute atomic E-state index is 10.9. The smallest absolute Gasteiger partial charge is 0.217 e. The molecule has 0 bridgehead atoms. The maximum atomic E-state index is 10.9. The van der Waals surface area contributed by atoms with Crippen LogP contribution in [0.4, 0.5) is 0 Å². The highest BCUT2D eigenvalue weighted by Gasteiger charge is 2.22. The van der Waals surface area contributed by atoms with E-state index in [1.54, 1.807) is 0 Å². The van der Waals surface area contributed by atoms with Crippen LogP contribution in [0.15, 0.2) is 0 Å². The van der Waals surface area contributed by atoms with Crippen molar-refractivity contribution in [3.05, 3.63) is 0 Å². The van der Waals surface area contributed by atoms with Crippen molar-refractivity contribution in [3.8, 4) is 0 Å². The SMILES string of the molecule is NC(=O)CC1CCN(CCC2OCCCO2)CC1. The van der Waals surface area contributed by atoms with Crippen molar-refractivity contribution >= 4 is 5.91 Å². The van der Waals surface area contributed by atoms with Crippen LogP contribution in [0.5, 0.6) is 0 Å². The van der Waals surface area contributed by atoms with Crippen molar-refractivity contribution in [2.24, 2.45) is 11.7 Å². The number of hydrogen-bond donors (Lipinski definition) is 1. The average Bonchev–Trinajstić information content (AvgIpc) is 2.38. The molecule has 2 aliphatic heterocycles. The van der Waals surface area contributed by atoms with Crippen molar-refractivity contribution < 1.29 is 14.3 Å². The average molecular weight is 256 g/mol. The molecule has 0 aromatic rings. The molecule has 0 saturated carbocycles. The summed E-state index contributed by atoms with van der Waals surface area (Å²) in [6.45, 7) is 4.79. The number of amides is 1. The largest absolute Gasteiger partial charge is 0.370 e. The molecule has 2 N–H and O–H groups in total. The number of ether oxygens (including phenoxy) is 2. The Morgan fingerprint density at radius 1 is 1.22 bits per heavy atom. The molecule has 2 saturated heterocycles. The molecule has 0 unspecified atom stereocenters. The van der Waals surface area contributed by atoms with Crippen LogP contribution in [0.1, 0.15) is 32.1 Å². The Labute approximate surface area is 109 Å². The number of nitrogens with two attached hydrogens (primary N) is 1. The van der Waals surface area contributed by atoms with Gasteiger partial charge in [0.15, 0.2) is 6.29 Å². The van der Waals surface area contributed by atoms with Gasteiger partial charge in [-0.05, 0) is 38.3 Å². The van der Waals surface area contributed by atoms with E-state index in [1.165, 1.54) is 0 Å². The van der Waals surface area contributed by atoms with E-state index >= 15 is 0 Å². The minimum absolute atomic E-state index is 0.0120. The molecule has 5 nitrogen and oxygen atoms in total. The van der Waals surface area contributed by atoms with Crippen LogP contribution in [-0.4, -0.2) is 49.9 Å². The van der Waals surface area contributed by atoms with Crippen LogP contribution in [-0.2, 0) is 14.3 Å². The highest BCUT2D eigenvalue weighted by Crippen LogP contribution is 2.20. The van der Waals surface area contributed by atoms with Gasteiger partial charge in [-0.1, -0.05) is 0 Å². The van der Waals surface area contributed by atoms with Crippen molar-refractivity contribution in [2.45, 2.75) is 38.4 Å². The third-order valence-electron chi connectivity index (χ3n) is 3.77. The lowest BCUT2D eigenvalue weighted by Crippen LogP contribution is -2.38.